The minimum atomic E-state index is -0.656. The number of nitriles is 1. The number of rotatable bonds is 1. The zero-order valence-electron chi connectivity index (χ0n) is 8.40. The van der Waals surface area contributed by atoms with Gasteiger partial charge in [-0.2, -0.15) is 5.26 Å². The van der Waals surface area contributed by atoms with E-state index in [1.807, 2.05) is 0 Å². The molecule has 15 heavy (non-hydrogen) atoms. The minimum Gasteiger partial charge on any atom is -0.393 e. The number of aliphatic hydroxyl groups is 1. The summed E-state index contributed by atoms with van der Waals surface area (Å²) in [6, 6.07) is 7.21. The van der Waals surface area contributed by atoms with Gasteiger partial charge in [0.1, 0.15) is 0 Å². The van der Waals surface area contributed by atoms with Crippen LogP contribution >= 0.6 is 0 Å². The smallest absolute Gasteiger partial charge is 0.169 e. The number of hydrogen-bond donors (Lipinski definition) is 1. The molecule has 2 unspecified atom stereocenters. The Labute approximate surface area is 88.0 Å². The van der Waals surface area contributed by atoms with E-state index in [4.69, 9.17) is 5.26 Å². The van der Waals surface area contributed by atoms with Gasteiger partial charge in [-0.3, -0.25) is 4.79 Å². The summed E-state index contributed by atoms with van der Waals surface area (Å²) in [6.45, 7) is 1.61. The molecular weight excluding hydrogens is 190 g/mol. The van der Waals surface area contributed by atoms with Crippen LogP contribution in [0.15, 0.2) is 18.2 Å². The topological polar surface area (TPSA) is 61.1 Å². The second-order valence-electron chi connectivity index (χ2n) is 3.86. The molecule has 0 saturated carbocycles. The first-order chi connectivity index (χ1) is 7.15. The SMILES string of the molecule is CC(O)C1Cc2c(C#N)cccc2C1=O. The van der Waals surface area contributed by atoms with Crippen LogP contribution in [-0.4, -0.2) is 17.0 Å². The summed E-state index contributed by atoms with van der Waals surface area (Å²) < 4.78 is 0. The third kappa shape index (κ3) is 1.43. The highest BCUT2D eigenvalue weighted by Gasteiger charge is 2.34. The van der Waals surface area contributed by atoms with Gasteiger partial charge in [0.05, 0.1) is 23.7 Å². The van der Waals surface area contributed by atoms with Crippen LogP contribution in [0.2, 0.25) is 0 Å². The molecule has 1 aromatic rings. The van der Waals surface area contributed by atoms with Crippen molar-refractivity contribution >= 4 is 5.78 Å². The van der Waals surface area contributed by atoms with Crippen LogP contribution in [-0.2, 0) is 6.42 Å². The summed E-state index contributed by atoms with van der Waals surface area (Å²) in [6.07, 6.45) is -0.174. The Balaban J connectivity index is 2.50. The molecule has 2 atom stereocenters. The zero-order valence-corrected chi connectivity index (χ0v) is 8.40. The number of fused-ring (bicyclic) bond motifs is 1. The molecule has 0 amide bonds. The quantitative estimate of drug-likeness (QED) is 0.744. The molecule has 2 rings (SSSR count). The summed E-state index contributed by atoms with van der Waals surface area (Å²) in [4.78, 5) is 11.8. The van der Waals surface area contributed by atoms with Crippen molar-refractivity contribution in [2.24, 2.45) is 5.92 Å². The lowest BCUT2D eigenvalue weighted by Gasteiger charge is -2.09. The summed E-state index contributed by atoms with van der Waals surface area (Å²) >= 11 is 0. The van der Waals surface area contributed by atoms with Crippen molar-refractivity contribution in [2.45, 2.75) is 19.4 Å². The summed E-state index contributed by atoms with van der Waals surface area (Å²) in [5.41, 5.74) is 1.93. The predicted molar refractivity (Wildman–Crippen MR) is 54.4 cm³/mol. The number of ketones is 1. The van der Waals surface area contributed by atoms with Crippen molar-refractivity contribution in [3.8, 4) is 6.07 Å². The molecule has 0 fully saturated rings. The molecular formula is C12H11NO2. The van der Waals surface area contributed by atoms with Gasteiger partial charge in [0.25, 0.3) is 0 Å². The normalized spacial score (nSPS) is 20.9. The Morgan fingerprint density at radius 1 is 1.60 bits per heavy atom. The molecule has 0 saturated heterocycles. The molecule has 0 heterocycles. The van der Waals surface area contributed by atoms with Crippen LogP contribution in [0.5, 0.6) is 0 Å². The number of aliphatic hydroxyl groups excluding tert-OH is 1. The Hall–Kier alpha value is -1.66. The van der Waals surface area contributed by atoms with Crippen molar-refractivity contribution in [2.75, 3.05) is 0 Å². The molecule has 0 bridgehead atoms. The van der Waals surface area contributed by atoms with Gasteiger partial charge < -0.3 is 5.11 Å². The minimum absolute atomic E-state index is 0.0444. The van der Waals surface area contributed by atoms with E-state index in [-0.39, 0.29) is 11.7 Å². The molecule has 1 aliphatic rings. The highest BCUT2D eigenvalue weighted by Crippen LogP contribution is 2.30. The van der Waals surface area contributed by atoms with Gasteiger partial charge >= 0.3 is 0 Å². The number of carbonyl (C=O) groups is 1. The first-order valence-corrected chi connectivity index (χ1v) is 4.89. The average molecular weight is 201 g/mol. The van der Waals surface area contributed by atoms with E-state index >= 15 is 0 Å². The highest BCUT2D eigenvalue weighted by molar-refractivity contribution is 6.03. The van der Waals surface area contributed by atoms with E-state index in [0.29, 0.717) is 17.5 Å². The largest absolute Gasteiger partial charge is 0.393 e. The number of carbonyl (C=O) groups excluding carboxylic acids is 1. The monoisotopic (exact) mass is 201 g/mol. The van der Waals surface area contributed by atoms with Crippen molar-refractivity contribution in [1.29, 1.82) is 5.26 Å². The molecule has 1 N–H and O–H groups in total. The van der Waals surface area contributed by atoms with Gasteiger partial charge in [0, 0.05) is 5.56 Å². The van der Waals surface area contributed by atoms with E-state index in [1.54, 1.807) is 25.1 Å². The van der Waals surface area contributed by atoms with Crippen LogP contribution < -0.4 is 0 Å². The second kappa shape index (κ2) is 3.48. The Kier molecular flexibility index (Phi) is 2.29. The van der Waals surface area contributed by atoms with Gasteiger partial charge in [0.2, 0.25) is 0 Å². The van der Waals surface area contributed by atoms with E-state index in [2.05, 4.69) is 6.07 Å². The molecule has 0 spiro atoms. The van der Waals surface area contributed by atoms with E-state index < -0.39 is 6.10 Å². The van der Waals surface area contributed by atoms with Crippen molar-refractivity contribution in [3.05, 3.63) is 34.9 Å². The van der Waals surface area contributed by atoms with Crippen LogP contribution in [0.1, 0.15) is 28.4 Å². The zero-order chi connectivity index (χ0) is 11.0. The molecule has 3 heteroatoms. The molecule has 0 radical (unpaired) electrons. The average Bonchev–Trinajstić information content (AvgIpc) is 2.56. The van der Waals surface area contributed by atoms with E-state index in [9.17, 15) is 9.90 Å². The maximum absolute atomic E-state index is 11.8. The first-order valence-electron chi connectivity index (χ1n) is 4.89. The Morgan fingerprint density at radius 2 is 2.33 bits per heavy atom. The second-order valence-corrected chi connectivity index (χ2v) is 3.86. The maximum Gasteiger partial charge on any atom is 0.169 e. The summed E-state index contributed by atoms with van der Waals surface area (Å²) in [5, 5.41) is 18.3. The Morgan fingerprint density at radius 3 is 2.93 bits per heavy atom. The lowest BCUT2D eigenvalue weighted by molar-refractivity contribution is 0.0758. The van der Waals surface area contributed by atoms with Gasteiger partial charge in [-0.1, -0.05) is 12.1 Å². The maximum atomic E-state index is 11.8. The third-order valence-electron chi connectivity index (χ3n) is 2.91. The highest BCUT2D eigenvalue weighted by atomic mass is 16.3. The predicted octanol–water partition coefficient (Wildman–Crippen LogP) is 1.29. The molecule has 1 aromatic carbocycles. The van der Waals surface area contributed by atoms with Crippen molar-refractivity contribution < 1.29 is 9.90 Å². The van der Waals surface area contributed by atoms with Gasteiger partial charge in [-0.05, 0) is 25.0 Å². The number of nitrogens with zero attached hydrogens (tertiary/aromatic N) is 1. The van der Waals surface area contributed by atoms with Crippen molar-refractivity contribution in [1.82, 2.24) is 0 Å². The van der Waals surface area contributed by atoms with Crippen LogP contribution in [0.25, 0.3) is 0 Å². The fourth-order valence-electron chi connectivity index (χ4n) is 2.04. The summed E-state index contributed by atoms with van der Waals surface area (Å²) in [7, 11) is 0. The van der Waals surface area contributed by atoms with E-state index in [1.165, 1.54) is 0 Å². The standard InChI is InChI=1S/C12H11NO2/c1-7(14)10-5-11-8(6-13)3-2-4-9(11)12(10)15/h2-4,7,10,14H,5H2,1H3. The molecule has 0 aromatic heterocycles. The molecule has 1 aliphatic carbocycles. The molecule has 3 nitrogen and oxygen atoms in total. The van der Waals surface area contributed by atoms with Gasteiger partial charge in [-0.25, -0.2) is 0 Å². The fraction of sp³-hybridized carbons (Fsp3) is 0.333. The lowest BCUT2D eigenvalue weighted by atomic mass is 9.99. The molecule has 76 valence electrons. The first kappa shape index (κ1) is 9.88. The fourth-order valence-corrected chi connectivity index (χ4v) is 2.04. The lowest BCUT2D eigenvalue weighted by Crippen LogP contribution is -2.22. The van der Waals surface area contributed by atoms with Gasteiger partial charge in [0.15, 0.2) is 5.78 Å². The van der Waals surface area contributed by atoms with E-state index in [0.717, 1.165) is 5.56 Å². The number of benzene rings is 1. The Bertz CT molecular complexity index is 457. The third-order valence-corrected chi connectivity index (χ3v) is 2.91. The van der Waals surface area contributed by atoms with Crippen LogP contribution in [0.3, 0.4) is 0 Å². The van der Waals surface area contributed by atoms with Gasteiger partial charge in [-0.15, -0.1) is 0 Å². The van der Waals surface area contributed by atoms with Crippen LogP contribution in [0.4, 0.5) is 0 Å². The number of hydrogen-bond acceptors (Lipinski definition) is 3. The van der Waals surface area contributed by atoms with Crippen LogP contribution in [0, 0.1) is 17.2 Å². The number of Topliss-reactive ketones (excluding diaryl/α,β-unsaturated/α-hetero) is 1. The van der Waals surface area contributed by atoms with Crippen molar-refractivity contribution in [3.63, 3.8) is 0 Å². The molecule has 0 aliphatic heterocycles. The summed E-state index contributed by atoms with van der Waals surface area (Å²) in [5.74, 6) is -0.424.